The molecule has 2 aromatic carbocycles. The Kier molecular flexibility index (Phi) is 5.46. The predicted octanol–water partition coefficient (Wildman–Crippen LogP) is 4.64. The van der Waals surface area contributed by atoms with Crippen LogP contribution in [0, 0.1) is 5.82 Å². The molecule has 0 bridgehead atoms. The van der Waals surface area contributed by atoms with Crippen LogP contribution in [0.5, 0.6) is 11.5 Å². The number of ether oxygens (including phenoxy) is 3. The molecule has 0 aliphatic heterocycles. The van der Waals surface area contributed by atoms with Crippen LogP contribution in [0.3, 0.4) is 0 Å². The van der Waals surface area contributed by atoms with E-state index in [1.807, 2.05) is 0 Å². The van der Waals surface area contributed by atoms with Gasteiger partial charge in [-0.05, 0) is 34.1 Å². The maximum atomic E-state index is 14.6. The summed E-state index contributed by atoms with van der Waals surface area (Å²) in [5, 5.41) is 0.374. The van der Waals surface area contributed by atoms with Crippen LogP contribution >= 0.6 is 15.9 Å². The summed E-state index contributed by atoms with van der Waals surface area (Å²) in [6, 6.07) is 8.27. The number of fused-ring (bicyclic) bond motifs is 1. The minimum absolute atomic E-state index is 0.0209. The second kappa shape index (κ2) is 7.78. The van der Waals surface area contributed by atoms with Crippen molar-refractivity contribution < 1.29 is 27.8 Å². The maximum Gasteiger partial charge on any atom is 0.310 e. The number of hydrogen-bond acceptors (Lipinski definition) is 5. The van der Waals surface area contributed by atoms with Crippen LogP contribution in [0.25, 0.3) is 11.0 Å². The van der Waals surface area contributed by atoms with Gasteiger partial charge in [0.05, 0.1) is 36.8 Å². The molecule has 0 aliphatic carbocycles. The summed E-state index contributed by atoms with van der Waals surface area (Å²) in [6.45, 7) is -0.0209. The normalized spacial score (nSPS) is 10.8. The molecule has 0 atom stereocenters. The number of halogens is 2. The number of rotatable bonds is 6. The largest absolute Gasteiger partial charge is 0.497 e. The Balaban J connectivity index is 1.89. The van der Waals surface area contributed by atoms with Crippen molar-refractivity contribution in [3.63, 3.8) is 0 Å². The van der Waals surface area contributed by atoms with Crippen molar-refractivity contribution in [3.8, 4) is 11.5 Å². The first-order valence-corrected chi connectivity index (χ1v) is 8.53. The highest BCUT2D eigenvalue weighted by Gasteiger charge is 2.16. The zero-order valence-electron chi connectivity index (χ0n) is 14.2. The summed E-state index contributed by atoms with van der Waals surface area (Å²) in [6.07, 6.45) is 1.47. The van der Waals surface area contributed by atoms with E-state index in [2.05, 4.69) is 15.9 Å². The van der Waals surface area contributed by atoms with Gasteiger partial charge in [0.1, 0.15) is 23.9 Å². The van der Waals surface area contributed by atoms with Crippen LogP contribution in [0.15, 0.2) is 45.5 Å². The molecule has 0 spiro atoms. The van der Waals surface area contributed by atoms with Gasteiger partial charge in [-0.3, -0.25) is 4.79 Å². The van der Waals surface area contributed by atoms with E-state index in [0.29, 0.717) is 38.1 Å². The fourth-order valence-corrected chi connectivity index (χ4v) is 3.14. The first-order chi connectivity index (χ1) is 12.5. The van der Waals surface area contributed by atoms with Gasteiger partial charge in [-0.2, -0.15) is 0 Å². The zero-order chi connectivity index (χ0) is 18.7. The zero-order valence-corrected chi connectivity index (χ0v) is 15.8. The smallest absolute Gasteiger partial charge is 0.310 e. The molecule has 3 rings (SSSR count). The molecule has 0 fully saturated rings. The maximum absolute atomic E-state index is 14.6. The van der Waals surface area contributed by atoms with Crippen molar-refractivity contribution in [1.29, 1.82) is 0 Å². The van der Waals surface area contributed by atoms with E-state index in [9.17, 15) is 9.18 Å². The molecular formula is C19H16BrFO5. The lowest BCUT2D eigenvalue weighted by atomic mass is 10.1. The first-order valence-electron chi connectivity index (χ1n) is 7.74. The number of benzene rings is 2. The molecule has 0 aliphatic rings. The highest BCUT2D eigenvalue weighted by molar-refractivity contribution is 9.10. The third-order valence-electron chi connectivity index (χ3n) is 3.92. The van der Waals surface area contributed by atoms with Gasteiger partial charge in [0, 0.05) is 17.2 Å². The first kappa shape index (κ1) is 18.3. The number of esters is 1. The molecule has 26 heavy (non-hydrogen) atoms. The van der Waals surface area contributed by atoms with E-state index < -0.39 is 11.8 Å². The fourth-order valence-electron chi connectivity index (χ4n) is 2.55. The molecule has 1 aromatic heterocycles. The molecule has 5 nitrogen and oxygen atoms in total. The van der Waals surface area contributed by atoms with Gasteiger partial charge < -0.3 is 18.6 Å². The van der Waals surface area contributed by atoms with Gasteiger partial charge in [-0.1, -0.05) is 6.07 Å². The van der Waals surface area contributed by atoms with Gasteiger partial charge >= 0.3 is 5.97 Å². The van der Waals surface area contributed by atoms with Crippen molar-refractivity contribution >= 4 is 32.9 Å². The standard InChI is InChI=1S/C19H16BrFO5/c1-23-13-4-3-11(8-17(22)24-2)16(9-13)26-10-12-7-15(20)19-14(18(12)21)5-6-25-19/h3-7,9H,8,10H2,1-2H3. The molecular weight excluding hydrogens is 407 g/mol. The van der Waals surface area contributed by atoms with E-state index in [4.69, 9.17) is 18.6 Å². The molecule has 0 saturated heterocycles. The monoisotopic (exact) mass is 422 g/mol. The predicted molar refractivity (Wildman–Crippen MR) is 96.9 cm³/mol. The summed E-state index contributed by atoms with van der Waals surface area (Å²) in [5.74, 6) is 0.196. The van der Waals surface area contributed by atoms with E-state index in [1.54, 1.807) is 30.3 Å². The van der Waals surface area contributed by atoms with E-state index >= 15 is 0 Å². The highest BCUT2D eigenvalue weighted by atomic mass is 79.9. The van der Waals surface area contributed by atoms with Crippen LogP contribution in [-0.4, -0.2) is 20.2 Å². The molecule has 0 radical (unpaired) electrons. The second-order valence-corrected chi connectivity index (χ2v) is 6.36. The highest BCUT2D eigenvalue weighted by Crippen LogP contribution is 2.32. The molecule has 0 N–H and O–H groups in total. The van der Waals surface area contributed by atoms with E-state index in [1.165, 1.54) is 20.5 Å². The number of hydrogen-bond donors (Lipinski definition) is 0. The third kappa shape index (κ3) is 3.67. The third-order valence-corrected chi connectivity index (χ3v) is 4.51. The van der Waals surface area contributed by atoms with Crippen molar-refractivity contribution in [2.75, 3.05) is 14.2 Å². The van der Waals surface area contributed by atoms with Crippen molar-refractivity contribution in [2.24, 2.45) is 0 Å². The van der Waals surface area contributed by atoms with E-state index in [-0.39, 0.29) is 13.0 Å². The fraction of sp³-hybridized carbons (Fsp3) is 0.211. The number of carbonyl (C=O) groups excluding carboxylic acids is 1. The Bertz CT molecular complexity index is 950. The summed E-state index contributed by atoms with van der Waals surface area (Å²) < 4.78 is 36.2. The molecule has 0 amide bonds. The topological polar surface area (TPSA) is 57.9 Å². The lowest BCUT2D eigenvalue weighted by molar-refractivity contribution is -0.139. The van der Waals surface area contributed by atoms with Crippen molar-refractivity contribution in [1.82, 2.24) is 0 Å². The van der Waals surface area contributed by atoms with Crippen LogP contribution in [0.1, 0.15) is 11.1 Å². The molecule has 0 saturated carbocycles. The average Bonchev–Trinajstić information content (AvgIpc) is 3.15. The lowest BCUT2D eigenvalue weighted by Crippen LogP contribution is -2.07. The Morgan fingerprint density at radius 1 is 1.19 bits per heavy atom. The minimum Gasteiger partial charge on any atom is -0.497 e. The molecule has 0 unspecified atom stereocenters. The van der Waals surface area contributed by atoms with Crippen molar-refractivity contribution in [3.05, 3.63) is 58.0 Å². The number of carbonyl (C=O) groups is 1. The summed E-state index contributed by atoms with van der Waals surface area (Å²) in [7, 11) is 2.85. The van der Waals surface area contributed by atoms with Gasteiger partial charge in [0.2, 0.25) is 0 Å². The molecule has 136 valence electrons. The Morgan fingerprint density at radius 3 is 2.73 bits per heavy atom. The lowest BCUT2D eigenvalue weighted by Gasteiger charge is -2.13. The quantitative estimate of drug-likeness (QED) is 0.541. The Labute approximate surface area is 157 Å². The SMILES string of the molecule is COC(=O)Cc1ccc(OC)cc1OCc1cc(Br)c2occc2c1F. The van der Waals surface area contributed by atoms with E-state index in [0.717, 1.165) is 0 Å². The minimum atomic E-state index is -0.408. The van der Waals surface area contributed by atoms with Crippen LogP contribution < -0.4 is 9.47 Å². The average molecular weight is 423 g/mol. The van der Waals surface area contributed by atoms with Crippen LogP contribution in [0.4, 0.5) is 4.39 Å². The van der Waals surface area contributed by atoms with Gasteiger partial charge in [-0.25, -0.2) is 4.39 Å². The van der Waals surface area contributed by atoms with Gasteiger partial charge in [0.15, 0.2) is 5.58 Å². The van der Waals surface area contributed by atoms with Crippen molar-refractivity contribution in [2.45, 2.75) is 13.0 Å². The summed E-state index contributed by atoms with van der Waals surface area (Å²) in [5.41, 5.74) is 1.43. The number of methoxy groups -OCH3 is 2. The number of furan rings is 1. The second-order valence-electron chi connectivity index (χ2n) is 5.51. The molecule has 7 heteroatoms. The Morgan fingerprint density at radius 2 is 2.00 bits per heavy atom. The Hall–Kier alpha value is -2.54. The molecule has 3 aromatic rings. The summed E-state index contributed by atoms with van der Waals surface area (Å²) in [4.78, 5) is 11.6. The van der Waals surface area contributed by atoms with Gasteiger partial charge in [-0.15, -0.1) is 0 Å². The summed E-state index contributed by atoms with van der Waals surface area (Å²) >= 11 is 3.37. The van der Waals surface area contributed by atoms with Crippen LogP contribution in [0.2, 0.25) is 0 Å². The van der Waals surface area contributed by atoms with Crippen LogP contribution in [-0.2, 0) is 22.6 Å². The van der Waals surface area contributed by atoms with Gasteiger partial charge in [0.25, 0.3) is 0 Å². The molecule has 1 heterocycles.